The Labute approximate surface area is 448 Å². The number of pyridine rings is 1. The number of fused-ring (bicyclic) bond motifs is 3. The van der Waals surface area contributed by atoms with Crippen LogP contribution in [0.25, 0.3) is 32.2 Å². The lowest BCUT2D eigenvalue weighted by Gasteiger charge is -2.41. The van der Waals surface area contributed by atoms with Crippen LogP contribution >= 0.6 is 11.3 Å². The number of amides is 3. The first-order valence-corrected chi connectivity index (χ1v) is 28.1. The zero-order valence-electron chi connectivity index (χ0n) is 44.6. The van der Waals surface area contributed by atoms with Gasteiger partial charge in [0.05, 0.1) is 33.0 Å². The van der Waals surface area contributed by atoms with E-state index in [0.717, 1.165) is 99.3 Å². The second kappa shape index (κ2) is 20.9. The Morgan fingerprint density at radius 2 is 1.68 bits per heavy atom. The van der Waals surface area contributed by atoms with E-state index in [0.29, 0.717) is 72.3 Å². The van der Waals surface area contributed by atoms with E-state index in [1.54, 1.807) is 0 Å². The van der Waals surface area contributed by atoms with Crippen LogP contribution in [0, 0.1) is 12.8 Å². The number of carboxylic acids is 1. The second-order valence-corrected chi connectivity index (χ2v) is 23.8. The van der Waals surface area contributed by atoms with Crippen molar-refractivity contribution < 1.29 is 24.3 Å². The molecular formula is C61H69N9O5S. The van der Waals surface area contributed by atoms with Crippen molar-refractivity contribution in [1.82, 2.24) is 30.0 Å². The Hall–Kier alpha value is -6.97. The first-order chi connectivity index (χ1) is 36.6. The van der Waals surface area contributed by atoms with Gasteiger partial charge >= 0.3 is 5.97 Å². The fraction of sp³-hybridized carbons (Fsp3) is 0.426. The maximum absolute atomic E-state index is 13.9. The SMILES string of the molecule is Cc1c(-c2c(C(C)(C)C)cc(N3CCc4cccc(C(=O)Nc5nc6ccccc6s5)c4C3)nc2C(=O)O)cccc1C1CCC(CCCN2CCN(c3cccc4c(C5CCC(=O)NC5=O)nn(C)c34)[C@@H](C)C2)CC1. The zero-order valence-corrected chi connectivity index (χ0v) is 45.4. The molecule has 1 aliphatic carbocycles. The summed E-state index contributed by atoms with van der Waals surface area (Å²) in [6.07, 6.45) is 8.48. The van der Waals surface area contributed by atoms with E-state index >= 15 is 0 Å². The third-order valence-corrected chi connectivity index (χ3v) is 17.8. The van der Waals surface area contributed by atoms with Crippen molar-refractivity contribution in [2.45, 2.75) is 122 Å². The van der Waals surface area contributed by atoms with Crippen molar-refractivity contribution in [2.75, 3.05) is 47.8 Å². The van der Waals surface area contributed by atoms with Gasteiger partial charge in [-0.1, -0.05) is 86.7 Å². The molecule has 0 spiro atoms. The average molecular weight is 1040 g/mol. The third-order valence-electron chi connectivity index (χ3n) is 16.9. The minimum atomic E-state index is -1.05. The van der Waals surface area contributed by atoms with Gasteiger partial charge in [0, 0.05) is 68.7 Å². The highest BCUT2D eigenvalue weighted by atomic mass is 32.1. The van der Waals surface area contributed by atoms with Crippen LogP contribution in [0.5, 0.6) is 0 Å². The number of carbonyl (C=O) groups is 4. The summed E-state index contributed by atoms with van der Waals surface area (Å²) in [5.74, 6) is -0.480. The van der Waals surface area contributed by atoms with E-state index in [4.69, 9.17) is 10.1 Å². The van der Waals surface area contributed by atoms with Gasteiger partial charge in [0.2, 0.25) is 11.8 Å². The first-order valence-electron chi connectivity index (χ1n) is 27.3. The molecule has 1 unspecified atom stereocenters. The molecule has 4 aromatic carbocycles. The molecule has 2 saturated heterocycles. The maximum atomic E-state index is 13.9. The fourth-order valence-electron chi connectivity index (χ4n) is 12.9. The fourth-order valence-corrected chi connectivity index (χ4v) is 13.8. The topological polar surface area (TPSA) is 166 Å². The average Bonchev–Trinajstić information content (AvgIpc) is 3.99. The van der Waals surface area contributed by atoms with Gasteiger partial charge in [0.1, 0.15) is 5.82 Å². The number of para-hydroxylation sites is 2. The number of anilines is 3. The second-order valence-electron chi connectivity index (χ2n) is 22.8. The molecule has 4 aliphatic rings. The van der Waals surface area contributed by atoms with E-state index in [2.05, 4.69) is 113 Å². The minimum absolute atomic E-state index is 0.0567. The number of aromatic carboxylic acids is 1. The molecule has 76 heavy (non-hydrogen) atoms. The number of thiazole rings is 1. The Balaban J connectivity index is 0.736. The van der Waals surface area contributed by atoms with Crippen LogP contribution in [0.2, 0.25) is 0 Å². The van der Waals surface area contributed by atoms with Gasteiger partial charge in [-0.05, 0) is 153 Å². The molecule has 3 amide bonds. The molecule has 11 rings (SSSR count). The molecule has 15 heteroatoms. The number of hydrogen-bond donors (Lipinski definition) is 3. The summed E-state index contributed by atoms with van der Waals surface area (Å²) in [6.45, 7) is 15.9. The Morgan fingerprint density at radius 1 is 0.895 bits per heavy atom. The van der Waals surface area contributed by atoms with Gasteiger partial charge < -0.3 is 14.9 Å². The summed E-state index contributed by atoms with van der Waals surface area (Å²) in [7, 11) is 1.95. The Morgan fingerprint density at radius 3 is 2.45 bits per heavy atom. The maximum Gasteiger partial charge on any atom is 0.355 e. The summed E-state index contributed by atoms with van der Waals surface area (Å²) in [4.78, 5) is 68.9. The predicted molar refractivity (Wildman–Crippen MR) is 302 cm³/mol. The quantitative estimate of drug-likeness (QED) is 0.0997. The van der Waals surface area contributed by atoms with E-state index in [1.807, 2.05) is 48.1 Å². The number of rotatable bonds is 12. The van der Waals surface area contributed by atoms with E-state index in [1.165, 1.54) is 42.6 Å². The third kappa shape index (κ3) is 9.99. The molecule has 0 bridgehead atoms. The molecule has 3 aromatic heterocycles. The van der Waals surface area contributed by atoms with Crippen molar-refractivity contribution in [3.8, 4) is 11.1 Å². The van der Waals surface area contributed by atoms with E-state index < -0.39 is 17.3 Å². The van der Waals surface area contributed by atoms with Gasteiger partial charge in [0.15, 0.2) is 10.8 Å². The molecule has 6 heterocycles. The van der Waals surface area contributed by atoms with Crippen molar-refractivity contribution in [1.29, 1.82) is 0 Å². The zero-order chi connectivity index (χ0) is 53.0. The number of carbonyl (C=O) groups excluding carboxylic acids is 3. The molecular weight excluding hydrogens is 971 g/mol. The van der Waals surface area contributed by atoms with Crippen LogP contribution in [0.3, 0.4) is 0 Å². The molecule has 2 atom stereocenters. The molecule has 0 radical (unpaired) electrons. The lowest BCUT2D eigenvalue weighted by atomic mass is 9.74. The summed E-state index contributed by atoms with van der Waals surface area (Å²) in [6, 6.07) is 28.8. The molecule has 7 aromatic rings. The van der Waals surface area contributed by atoms with Crippen molar-refractivity contribution >= 4 is 72.8 Å². The number of piperazine rings is 1. The van der Waals surface area contributed by atoms with Gasteiger partial charge in [-0.15, -0.1) is 0 Å². The first kappa shape index (κ1) is 51.2. The van der Waals surface area contributed by atoms with Gasteiger partial charge in [-0.3, -0.25) is 34.6 Å². The van der Waals surface area contributed by atoms with Crippen LogP contribution in [0.4, 0.5) is 16.6 Å². The number of aromatic nitrogens is 4. The summed E-state index contributed by atoms with van der Waals surface area (Å²) < 4.78 is 2.92. The van der Waals surface area contributed by atoms with Crippen LogP contribution in [0.1, 0.15) is 145 Å². The molecule has 1 saturated carbocycles. The van der Waals surface area contributed by atoms with Gasteiger partial charge in [0.25, 0.3) is 5.91 Å². The molecule has 394 valence electrons. The van der Waals surface area contributed by atoms with Crippen LogP contribution < -0.4 is 20.4 Å². The number of benzene rings is 4. The lowest BCUT2D eigenvalue weighted by Crippen LogP contribution is -2.52. The molecule has 3 fully saturated rings. The van der Waals surface area contributed by atoms with E-state index in [9.17, 15) is 24.3 Å². The normalized spacial score (nSPS) is 20.5. The largest absolute Gasteiger partial charge is 0.476 e. The van der Waals surface area contributed by atoms with Crippen LogP contribution in [0.15, 0.2) is 84.9 Å². The lowest BCUT2D eigenvalue weighted by molar-refractivity contribution is -0.134. The van der Waals surface area contributed by atoms with Crippen molar-refractivity contribution in [3.63, 3.8) is 0 Å². The number of aryl methyl sites for hydroxylation is 1. The number of carboxylic acid groups (broad SMARTS) is 1. The van der Waals surface area contributed by atoms with Gasteiger partial charge in [-0.25, -0.2) is 14.8 Å². The number of piperidine rings is 1. The summed E-state index contributed by atoms with van der Waals surface area (Å²) >= 11 is 1.45. The van der Waals surface area contributed by atoms with Crippen molar-refractivity contribution in [3.05, 3.63) is 130 Å². The monoisotopic (exact) mass is 1040 g/mol. The molecule has 14 nitrogen and oxygen atoms in total. The summed E-state index contributed by atoms with van der Waals surface area (Å²) in [5.41, 5.74) is 11.0. The predicted octanol–water partition coefficient (Wildman–Crippen LogP) is 11.1. The Kier molecular flexibility index (Phi) is 14.0. The highest BCUT2D eigenvalue weighted by Gasteiger charge is 2.35. The smallest absolute Gasteiger partial charge is 0.355 e. The van der Waals surface area contributed by atoms with Crippen LogP contribution in [-0.2, 0) is 35.0 Å². The minimum Gasteiger partial charge on any atom is -0.476 e. The highest BCUT2D eigenvalue weighted by molar-refractivity contribution is 7.22. The van der Waals surface area contributed by atoms with Crippen LogP contribution in [-0.4, -0.2) is 92.2 Å². The van der Waals surface area contributed by atoms with E-state index in [-0.39, 0.29) is 23.4 Å². The number of nitrogens with one attached hydrogen (secondary N) is 2. The standard InChI is InChI=1S/C61H69N9O5S/c1-36-34-68(31-32-70(36)49-20-11-18-44-54(66-67(6)56(44)49)45-26-27-52(71)64-58(45)73)29-12-13-38-22-24-40(25-23-38)41-15-10-16-42(37(41)2)53-47(61(3,4)5)33-51(63-55(53)59(74)75)69-30-28-39-14-9-17-43(46(39)35-69)57(72)65-60-62-48-19-7-8-21-50(48)76-60/h7-11,14-21,33,36,38,40,45H,12-13,22-32,34-35H2,1-6H3,(H,74,75)(H,62,65,72)(H,64,71,73)/t36-,38?,40?,45?/m0/s1. The highest BCUT2D eigenvalue weighted by Crippen LogP contribution is 2.45. The number of imide groups is 1. The summed E-state index contributed by atoms with van der Waals surface area (Å²) in [5, 5.41) is 22.9. The molecule has 3 N–H and O–H groups in total. The molecule has 3 aliphatic heterocycles. The Bertz CT molecular complexity index is 3370. The van der Waals surface area contributed by atoms with Gasteiger partial charge in [-0.2, -0.15) is 5.10 Å². The number of nitrogens with zero attached hydrogens (tertiary/aromatic N) is 7. The van der Waals surface area contributed by atoms with Crippen molar-refractivity contribution in [2.24, 2.45) is 13.0 Å². The number of hydrogen-bond acceptors (Lipinski definition) is 11.